The van der Waals surface area contributed by atoms with E-state index < -0.39 is 12.0 Å². The Morgan fingerprint density at radius 3 is 2.96 bits per heavy atom. The molecular weight excluding hydrogens is 342 g/mol. The van der Waals surface area contributed by atoms with Crippen molar-refractivity contribution in [3.63, 3.8) is 0 Å². The molecule has 0 saturated carbocycles. The summed E-state index contributed by atoms with van der Waals surface area (Å²) in [6.45, 7) is 3.08. The summed E-state index contributed by atoms with van der Waals surface area (Å²) >= 11 is 1.20. The lowest BCUT2D eigenvalue weighted by atomic mass is 10.1. The van der Waals surface area contributed by atoms with E-state index >= 15 is 0 Å². The van der Waals surface area contributed by atoms with Crippen molar-refractivity contribution in [2.45, 2.75) is 32.6 Å². The van der Waals surface area contributed by atoms with Crippen LogP contribution in [0.4, 0.5) is 0 Å². The molecule has 3 aromatic rings. The molecule has 9 heteroatoms. The number of carbonyl (C=O) groups is 1. The second-order valence-corrected chi connectivity index (χ2v) is 7.26. The Morgan fingerprint density at radius 1 is 1.40 bits per heavy atom. The van der Waals surface area contributed by atoms with E-state index in [0.717, 1.165) is 27.4 Å². The predicted molar refractivity (Wildman–Crippen MR) is 92.5 cm³/mol. The standard InChI is InChI=1S/C16H17N5O3S/c1-9-17-18-14-8-20(12(15(22)23)7-21(9)14)6-10-3-4-11-13(5-10)25-16(24)19(11)2/h3-5,12H,6-8H2,1-2H3,(H,22,23). The topological polar surface area (TPSA) is 93.2 Å². The van der Waals surface area contributed by atoms with Gasteiger partial charge in [0.25, 0.3) is 0 Å². The summed E-state index contributed by atoms with van der Waals surface area (Å²) in [4.78, 5) is 25.4. The second kappa shape index (κ2) is 5.78. The third-order valence-electron chi connectivity index (χ3n) is 4.68. The second-order valence-electron chi connectivity index (χ2n) is 6.26. The SMILES string of the molecule is Cc1nnc2n1CC(C(=O)O)N(Cc1ccc3c(c1)sc(=O)n3C)C2. The van der Waals surface area contributed by atoms with Gasteiger partial charge in [-0.3, -0.25) is 14.5 Å². The lowest BCUT2D eigenvalue weighted by Gasteiger charge is -2.33. The highest BCUT2D eigenvalue weighted by atomic mass is 32.1. The average molecular weight is 359 g/mol. The van der Waals surface area contributed by atoms with Crippen LogP contribution < -0.4 is 4.87 Å². The number of aryl methyl sites for hydroxylation is 2. The molecule has 0 radical (unpaired) electrons. The fourth-order valence-corrected chi connectivity index (χ4v) is 4.21. The zero-order valence-corrected chi connectivity index (χ0v) is 14.7. The first-order chi connectivity index (χ1) is 11.9. The van der Waals surface area contributed by atoms with Crippen LogP contribution in [-0.4, -0.2) is 41.3 Å². The molecule has 8 nitrogen and oxygen atoms in total. The number of benzene rings is 1. The molecule has 130 valence electrons. The molecular formula is C16H17N5O3S. The summed E-state index contributed by atoms with van der Waals surface area (Å²) in [7, 11) is 1.75. The van der Waals surface area contributed by atoms with Gasteiger partial charge in [-0.05, 0) is 24.6 Å². The highest BCUT2D eigenvalue weighted by Gasteiger charge is 2.33. The Hall–Kier alpha value is -2.52. The molecule has 4 rings (SSSR count). The van der Waals surface area contributed by atoms with Crippen LogP contribution in [0.15, 0.2) is 23.0 Å². The van der Waals surface area contributed by atoms with Gasteiger partial charge in [0.05, 0.1) is 23.3 Å². The normalized spacial score (nSPS) is 17.8. The zero-order chi connectivity index (χ0) is 17.7. The Bertz CT molecular complexity index is 1030. The first kappa shape index (κ1) is 16.0. The molecule has 1 atom stereocenters. The van der Waals surface area contributed by atoms with Gasteiger partial charge in [-0.2, -0.15) is 0 Å². The fraction of sp³-hybridized carbons (Fsp3) is 0.375. The van der Waals surface area contributed by atoms with Gasteiger partial charge >= 0.3 is 10.8 Å². The van der Waals surface area contributed by atoms with Gasteiger partial charge in [0.2, 0.25) is 0 Å². The van der Waals surface area contributed by atoms with Crippen LogP contribution in [0.25, 0.3) is 10.2 Å². The minimum atomic E-state index is -0.857. The number of carboxylic acid groups (broad SMARTS) is 1. The summed E-state index contributed by atoms with van der Waals surface area (Å²) in [5.74, 6) is 0.654. The molecule has 1 N–H and O–H groups in total. The molecule has 2 aromatic heterocycles. The van der Waals surface area contributed by atoms with Gasteiger partial charge in [0, 0.05) is 13.6 Å². The average Bonchev–Trinajstić information content (AvgIpc) is 3.07. The van der Waals surface area contributed by atoms with Crippen molar-refractivity contribution in [1.82, 2.24) is 24.2 Å². The Kier molecular flexibility index (Phi) is 3.69. The molecule has 0 aliphatic carbocycles. The number of carboxylic acids is 1. The van der Waals surface area contributed by atoms with E-state index in [2.05, 4.69) is 10.2 Å². The summed E-state index contributed by atoms with van der Waals surface area (Å²) in [6.07, 6.45) is 0. The van der Waals surface area contributed by atoms with Crippen LogP contribution in [0.3, 0.4) is 0 Å². The third kappa shape index (κ3) is 2.65. The van der Waals surface area contributed by atoms with E-state index in [1.165, 1.54) is 11.3 Å². The molecule has 0 bridgehead atoms. The van der Waals surface area contributed by atoms with Gasteiger partial charge in [-0.25, -0.2) is 0 Å². The summed E-state index contributed by atoms with van der Waals surface area (Å²) < 4.78 is 4.39. The number of fused-ring (bicyclic) bond motifs is 2. The number of nitrogens with zero attached hydrogens (tertiary/aromatic N) is 5. The lowest BCUT2D eigenvalue weighted by molar-refractivity contribution is -0.145. The van der Waals surface area contributed by atoms with Crippen molar-refractivity contribution >= 4 is 27.5 Å². The van der Waals surface area contributed by atoms with Crippen LogP contribution >= 0.6 is 11.3 Å². The van der Waals surface area contributed by atoms with Crippen molar-refractivity contribution in [3.8, 4) is 0 Å². The number of aliphatic carboxylic acids is 1. The van der Waals surface area contributed by atoms with Crippen molar-refractivity contribution in [1.29, 1.82) is 0 Å². The molecule has 1 aliphatic rings. The van der Waals surface area contributed by atoms with E-state index in [1.54, 1.807) is 11.6 Å². The summed E-state index contributed by atoms with van der Waals surface area (Å²) in [5.41, 5.74) is 1.87. The van der Waals surface area contributed by atoms with Crippen LogP contribution in [-0.2, 0) is 31.5 Å². The van der Waals surface area contributed by atoms with Crippen molar-refractivity contribution in [3.05, 3.63) is 45.1 Å². The van der Waals surface area contributed by atoms with Crippen molar-refractivity contribution in [2.24, 2.45) is 7.05 Å². The van der Waals surface area contributed by atoms with E-state index in [4.69, 9.17) is 0 Å². The predicted octanol–water partition coefficient (Wildman–Crippen LogP) is 0.969. The number of rotatable bonds is 3. The summed E-state index contributed by atoms with van der Waals surface area (Å²) in [5, 5.41) is 17.8. The highest BCUT2D eigenvalue weighted by molar-refractivity contribution is 7.16. The maximum atomic E-state index is 11.8. The van der Waals surface area contributed by atoms with Gasteiger partial charge in [-0.1, -0.05) is 17.4 Å². The van der Waals surface area contributed by atoms with Gasteiger partial charge in [-0.15, -0.1) is 10.2 Å². The van der Waals surface area contributed by atoms with Gasteiger partial charge < -0.3 is 14.2 Å². The smallest absolute Gasteiger partial charge is 0.322 e. The minimum Gasteiger partial charge on any atom is -0.480 e. The summed E-state index contributed by atoms with van der Waals surface area (Å²) in [6, 6.07) is 5.19. The molecule has 1 unspecified atom stereocenters. The van der Waals surface area contributed by atoms with E-state index in [0.29, 0.717) is 19.6 Å². The van der Waals surface area contributed by atoms with E-state index in [-0.39, 0.29) is 4.87 Å². The maximum absolute atomic E-state index is 11.8. The van der Waals surface area contributed by atoms with E-state index in [9.17, 15) is 14.7 Å². The Balaban J connectivity index is 1.66. The van der Waals surface area contributed by atoms with Gasteiger partial charge in [0.15, 0.2) is 0 Å². The number of aromatic nitrogens is 4. The zero-order valence-electron chi connectivity index (χ0n) is 13.8. The van der Waals surface area contributed by atoms with Crippen LogP contribution in [0, 0.1) is 6.92 Å². The van der Waals surface area contributed by atoms with Crippen molar-refractivity contribution < 1.29 is 9.90 Å². The molecule has 0 spiro atoms. The molecule has 0 saturated heterocycles. The largest absolute Gasteiger partial charge is 0.480 e. The first-order valence-electron chi connectivity index (χ1n) is 7.88. The maximum Gasteiger partial charge on any atom is 0.322 e. The molecule has 0 amide bonds. The van der Waals surface area contributed by atoms with Crippen LogP contribution in [0.1, 0.15) is 17.2 Å². The van der Waals surface area contributed by atoms with Crippen LogP contribution in [0.2, 0.25) is 0 Å². The first-order valence-corrected chi connectivity index (χ1v) is 8.69. The monoisotopic (exact) mass is 359 g/mol. The molecule has 1 aromatic carbocycles. The van der Waals surface area contributed by atoms with Gasteiger partial charge in [0.1, 0.15) is 17.7 Å². The lowest BCUT2D eigenvalue weighted by Crippen LogP contribution is -2.47. The minimum absolute atomic E-state index is 0.00267. The number of hydrogen-bond donors (Lipinski definition) is 1. The van der Waals surface area contributed by atoms with E-state index in [1.807, 2.05) is 34.6 Å². The Morgan fingerprint density at radius 2 is 2.20 bits per heavy atom. The number of thiazole rings is 1. The molecule has 1 aliphatic heterocycles. The van der Waals surface area contributed by atoms with Crippen molar-refractivity contribution in [2.75, 3.05) is 0 Å². The fourth-order valence-electron chi connectivity index (χ4n) is 3.27. The molecule has 25 heavy (non-hydrogen) atoms. The number of hydrogen-bond acceptors (Lipinski definition) is 6. The third-order valence-corrected chi connectivity index (χ3v) is 5.68. The highest BCUT2D eigenvalue weighted by Crippen LogP contribution is 2.23. The van der Waals surface area contributed by atoms with Crippen LogP contribution in [0.5, 0.6) is 0 Å². The quantitative estimate of drug-likeness (QED) is 0.749. The Labute approximate surface area is 146 Å². The molecule has 3 heterocycles. The molecule has 0 fully saturated rings.